The minimum atomic E-state index is -0.431. The second-order valence-corrected chi connectivity index (χ2v) is 5.59. The van der Waals surface area contributed by atoms with Gasteiger partial charge in [-0.1, -0.05) is 0 Å². The number of aromatic amines is 2. The van der Waals surface area contributed by atoms with Crippen molar-refractivity contribution in [2.45, 2.75) is 13.8 Å². The molecular weight excluding hydrogens is 312 g/mol. The summed E-state index contributed by atoms with van der Waals surface area (Å²) >= 11 is 4.83. The number of aromatic hydroxyl groups is 1. The number of nitrogens with zero attached hydrogens (tertiary/aromatic N) is 2. The minimum absolute atomic E-state index is 0.0897. The van der Waals surface area contributed by atoms with Gasteiger partial charge in [-0.05, 0) is 18.3 Å². The Morgan fingerprint density at radius 2 is 1.96 bits per heavy atom. The van der Waals surface area contributed by atoms with E-state index in [4.69, 9.17) is 12.2 Å². The lowest BCUT2D eigenvalue weighted by Gasteiger charge is -2.00. The molecule has 0 radical (unpaired) electrons. The SMILES string of the molecule is CC1=CC(=Cc2c(O)[nH]c(=S)[nH]c2=O)C(C)=[N+]1c1ccncc1. The van der Waals surface area contributed by atoms with Gasteiger partial charge in [0.2, 0.25) is 11.6 Å². The Morgan fingerprint density at radius 1 is 1.26 bits per heavy atom. The largest absolute Gasteiger partial charge is 0.494 e. The van der Waals surface area contributed by atoms with Crippen molar-refractivity contribution < 1.29 is 9.68 Å². The van der Waals surface area contributed by atoms with E-state index in [-0.39, 0.29) is 16.2 Å². The Bertz CT molecular complexity index is 981. The highest BCUT2D eigenvalue weighted by atomic mass is 32.1. The third-order valence-corrected chi connectivity index (χ3v) is 3.85. The summed E-state index contributed by atoms with van der Waals surface area (Å²) in [6.45, 7) is 3.93. The van der Waals surface area contributed by atoms with E-state index in [1.54, 1.807) is 18.5 Å². The molecule has 0 saturated carbocycles. The molecule has 116 valence electrons. The van der Waals surface area contributed by atoms with E-state index in [1.807, 2.05) is 32.1 Å². The number of pyridine rings is 1. The predicted molar refractivity (Wildman–Crippen MR) is 90.5 cm³/mol. The van der Waals surface area contributed by atoms with Gasteiger partial charge >= 0.3 is 0 Å². The average molecular weight is 327 g/mol. The Hall–Kier alpha value is -2.80. The van der Waals surface area contributed by atoms with Crippen LogP contribution in [0.1, 0.15) is 19.4 Å². The molecule has 1 aliphatic heterocycles. The van der Waals surface area contributed by atoms with E-state index in [0.29, 0.717) is 0 Å². The molecule has 3 heterocycles. The van der Waals surface area contributed by atoms with Crippen LogP contribution >= 0.6 is 12.2 Å². The van der Waals surface area contributed by atoms with Gasteiger partial charge in [0, 0.05) is 50.0 Å². The zero-order chi connectivity index (χ0) is 16.6. The van der Waals surface area contributed by atoms with Crippen molar-refractivity contribution in [1.82, 2.24) is 15.0 Å². The molecular formula is C16H15N4O2S+. The van der Waals surface area contributed by atoms with Crippen LogP contribution < -0.4 is 5.56 Å². The van der Waals surface area contributed by atoms with E-state index >= 15 is 0 Å². The molecule has 0 fully saturated rings. The van der Waals surface area contributed by atoms with E-state index in [1.165, 1.54) is 0 Å². The Kier molecular flexibility index (Phi) is 3.79. The van der Waals surface area contributed by atoms with Gasteiger partial charge < -0.3 is 10.1 Å². The van der Waals surface area contributed by atoms with Crippen molar-refractivity contribution in [2.24, 2.45) is 0 Å². The first-order chi connectivity index (χ1) is 11.0. The molecule has 0 amide bonds. The molecule has 2 aromatic rings. The van der Waals surface area contributed by atoms with E-state index in [2.05, 4.69) is 19.5 Å². The fraction of sp³-hybridized carbons (Fsp3) is 0.125. The molecule has 0 aromatic carbocycles. The Morgan fingerprint density at radius 3 is 2.61 bits per heavy atom. The van der Waals surface area contributed by atoms with Crippen LogP contribution in [-0.2, 0) is 0 Å². The van der Waals surface area contributed by atoms with Gasteiger partial charge in [-0.25, -0.2) is 0 Å². The maximum absolute atomic E-state index is 12.0. The van der Waals surface area contributed by atoms with Gasteiger partial charge in [-0.3, -0.25) is 14.8 Å². The number of aromatic nitrogens is 3. The first-order valence-electron chi connectivity index (χ1n) is 6.97. The van der Waals surface area contributed by atoms with Crippen molar-refractivity contribution in [3.05, 3.63) is 62.6 Å². The summed E-state index contributed by atoms with van der Waals surface area (Å²) in [6, 6.07) is 3.82. The molecule has 0 atom stereocenters. The van der Waals surface area contributed by atoms with Crippen molar-refractivity contribution in [2.75, 3.05) is 0 Å². The number of nitrogens with one attached hydrogen (secondary N) is 2. The summed E-state index contributed by atoms with van der Waals surface area (Å²) in [5, 5.41) is 9.93. The van der Waals surface area contributed by atoms with Gasteiger partial charge in [0.05, 0.1) is 0 Å². The molecule has 0 saturated heterocycles. The van der Waals surface area contributed by atoms with Crippen LogP contribution in [0.15, 0.2) is 46.7 Å². The molecule has 23 heavy (non-hydrogen) atoms. The van der Waals surface area contributed by atoms with Gasteiger partial charge in [0.25, 0.3) is 5.56 Å². The second-order valence-electron chi connectivity index (χ2n) is 5.18. The van der Waals surface area contributed by atoms with Crippen LogP contribution in [0.2, 0.25) is 0 Å². The van der Waals surface area contributed by atoms with E-state index < -0.39 is 5.56 Å². The number of rotatable bonds is 2. The Balaban J connectivity index is 2.15. The third kappa shape index (κ3) is 2.78. The molecule has 3 N–H and O–H groups in total. The Labute approximate surface area is 137 Å². The summed E-state index contributed by atoms with van der Waals surface area (Å²) in [5.74, 6) is -0.243. The zero-order valence-electron chi connectivity index (χ0n) is 12.6. The topological polar surface area (TPSA) is 84.8 Å². The molecule has 1 aliphatic rings. The van der Waals surface area contributed by atoms with Gasteiger partial charge in [0.1, 0.15) is 5.56 Å². The third-order valence-electron chi connectivity index (χ3n) is 3.65. The van der Waals surface area contributed by atoms with E-state index in [9.17, 15) is 9.90 Å². The number of hydrogen-bond donors (Lipinski definition) is 3. The van der Waals surface area contributed by atoms with Gasteiger partial charge in [0.15, 0.2) is 16.2 Å². The average Bonchev–Trinajstić information content (AvgIpc) is 2.78. The summed E-state index contributed by atoms with van der Waals surface area (Å²) in [6.07, 6.45) is 7.05. The summed E-state index contributed by atoms with van der Waals surface area (Å²) < 4.78 is 2.15. The lowest BCUT2D eigenvalue weighted by atomic mass is 10.1. The number of allylic oxidation sites excluding steroid dienone is 3. The molecule has 0 unspecified atom stereocenters. The fourth-order valence-electron chi connectivity index (χ4n) is 2.60. The van der Waals surface area contributed by atoms with Crippen molar-refractivity contribution in [3.63, 3.8) is 0 Å². The minimum Gasteiger partial charge on any atom is -0.494 e. The summed E-state index contributed by atoms with van der Waals surface area (Å²) in [5.41, 5.74) is 3.51. The monoisotopic (exact) mass is 327 g/mol. The van der Waals surface area contributed by atoms with Gasteiger partial charge in [-0.2, -0.15) is 4.58 Å². The van der Waals surface area contributed by atoms with Crippen LogP contribution in [0.3, 0.4) is 0 Å². The van der Waals surface area contributed by atoms with Crippen molar-refractivity contribution in [3.8, 4) is 5.88 Å². The van der Waals surface area contributed by atoms with Crippen LogP contribution in [0, 0.1) is 4.77 Å². The molecule has 6 nitrogen and oxygen atoms in total. The molecule has 2 aromatic heterocycles. The van der Waals surface area contributed by atoms with Crippen LogP contribution in [0.4, 0.5) is 5.69 Å². The van der Waals surface area contributed by atoms with Crippen molar-refractivity contribution >= 4 is 29.7 Å². The first kappa shape index (κ1) is 15.1. The number of H-pyrrole nitrogens is 2. The van der Waals surface area contributed by atoms with Crippen LogP contribution in [-0.4, -0.2) is 30.3 Å². The normalized spacial score (nSPS) is 16.1. The number of hydrogen-bond acceptors (Lipinski definition) is 4. The lowest BCUT2D eigenvalue weighted by molar-refractivity contribution is -0.379. The maximum Gasteiger partial charge on any atom is 0.262 e. The predicted octanol–water partition coefficient (Wildman–Crippen LogP) is 2.64. The highest BCUT2D eigenvalue weighted by molar-refractivity contribution is 7.71. The summed E-state index contributed by atoms with van der Waals surface area (Å²) in [7, 11) is 0. The second kappa shape index (κ2) is 5.77. The quantitative estimate of drug-likeness (QED) is 0.585. The standard InChI is InChI=1S/C16H14N4O2S/c1-9-7-11(8-13-14(21)18-16(23)19-15(13)22)10(2)20(9)12-3-5-17-6-4-12/h3-8H,1-2H3,(H2,18,19,21,22,23)/p+1. The zero-order valence-corrected chi connectivity index (χ0v) is 13.4. The molecule has 0 bridgehead atoms. The first-order valence-corrected chi connectivity index (χ1v) is 7.38. The van der Waals surface area contributed by atoms with Crippen LogP contribution in [0.25, 0.3) is 6.08 Å². The van der Waals surface area contributed by atoms with Crippen molar-refractivity contribution in [1.29, 1.82) is 0 Å². The smallest absolute Gasteiger partial charge is 0.262 e. The summed E-state index contributed by atoms with van der Waals surface area (Å²) in [4.78, 5) is 21.0. The molecule has 7 heteroatoms. The fourth-order valence-corrected chi connectivity index (χ4v) is 2.79. The van der Waals surface area contributed by atoms with Crippen LogP contribution in [0.5, 0.6) is 5.88 Å². The van der Waals surface area contributed by atoms with E-state index in [0.717, 1.165) is 22.7 Å². The van der Waals surface area contributed by atoms with Gasteiger partial charge in [-0.15, -0.1) is 0 Å². The highest BCUT2D eigenvalue weighted by Gasteiger charge is 2.26. The highest BCUT2D eigenvalue weighted by Crippen LogP contribution is 2.26. The lowest BCUT2D eigenvalue weighted by Crippen LogP contribution is -2.12. The molecule has 3 rings (SSSR count). The molecule has 0 aliphatic carbocycles. The molecule has 0 spiro atoms. The maximum atomic E-state index is 12.0.